The van der Waals surface area contributed by atoms with Gasteiger partial charge in [0.1, 0.15) is 0 Å². The number of hydrogen-bond acceptors (Lipinski definition) is 1. The van der Waals surface area contributed by atoms with Gasteiger partial charge in [0.15, 0.2) is 0 Å². The number of ether oxygens (including phenoxy) is 1. The van der Waals surface area contributed by atoms with Crippen LogP contribution in [0.5, 0.6) is 0 Å². The fraction of sp³-hybridized carbons (Fsp3) is 0.538. The summed E-state index contributed by atoms with van der Waals surface area (Å²) in [5, 5.41) is 1.08. The van der Waals surface area contributed by atoms with Gasteiger partial charge in [0.05, 0.1) is 6.10 Å². The molecule has 1 aromatic rings. The molecule has 1 unspecified atom stereocenters. The van der Waals surface area contributed by atoms with Crippen LogP contribution < -0.4 is 0 Å². The molecule has 0 amide bonds. The second-order valence-corrected chi connectivity index (χ2v) is 4.79. The molecule has 1 aromatic carbocycles. The molecule has 0 saturated carbocycles. The number of halogens is 1. The summed E-state index contributed by atoms with van der Waals surface area (Å²) < 4.78 is 5.91. The minimum Gasteiger partial charge on any atom is -0.374 e. The predicted octanol–water partition coefficient (Wildman–Crippen LogP) is 3.87. The maximum absolute atomic E-state index is 5.91. The standard InChI is InChI=1S/C13H17BrO/c14-9-3-4-10-15-13-8-7-11-5-1-2-6-12(11)13/h1-2,5-6,13H,3-4,7-10H2. The summed E-state index contributed by atoms with van der Waals surface area (Å²) in [6.07, 6.45) is 5.06. The summed E-state index contributed by atoms with van der Waals surface area (Å²) in [4.78, 5) is 0. The smallest absolute Gasteiger partial charge is 0.0830 e. The molecule has 0 aliphatic heterocycles. The van der Waals surface area contributed by atoms with Crippen molar-refractivity contribution < 1.29 is 4.74 Å². The molecule has 0 saturated heterocycles. The van der Waals surface area contributed by atoms with Gasteiger partial charge in [-0.25, -0.2) is 0 Å². The summed E-state index contributed by atoms with van der Waals surface area (Å²) in [6.45, 7) is 0.893. The van der Waals surface area contributed by atoms with E-state index >= 15 is 0 Å². The molecule has 0 heterocycles. The average molecular weight is 269 g/mol. The highest BCUT2D eigenvalue weighted by Crippen LogP contribution is 2.33. The van der Waals surface area contributed by atoms with Crippen LogP contribution >= 0.6 is 15.9 Å². The van der Waals surface area contributed by atoms with Gasteiger partial charge in [0, 0.05) is 11.9 Å². The van der Waals surface area contributed by atoms with Gasteiger partial charge in [0.25, 0.3) is 0 Å². The molecule has 1 aliphatic carbocycles. The van der Waals surface area contributed by atoms with Crippen molar-refractivity contribution in [3.05, 3.63) is 35.4 Å². The molecule has 2 heteroatoms. The normalized spacial score (nSPS) is 19.1. The third-order valence-electron chi connectivity index (χ3n) is 2.92. The first-order valence-electron chi connectivity index (χ1n) is 5.67. The Labute approximate surface area is 100.0 Å². The lowest BCUT2D eigenvalue weighted by molar-refractivity contribution is 0.0522. The topological polar surface area (TPSA) is 9.23 Å². The van der Waals surface area contributed by atoms with E-state index in [2.05, 4.69) is 40.2 Å². The highest BCUT2D eigenvalue weighted by atomic mass is 79.9. The number of fused-ring (bicyclic) bond motifs is 1. The van der Waals surface area contributed by atoms with E-state index in [1.807, 2.05) is 0 Å². The van der Waals surface area contributed by atoms with E-state index in [-0.39, 0.29) is 0 Å². The zero-order chi connectivity index (χ0) is 10.5. The van der Waals surface area contributed by atoms with Crippen LogP contribution in [0.2, 0.25) is 0 Å². The van der Waals surface area contributed by atoms with Crippen LogP contribution in [0.25, 0.3) is 0 Å². The van der Waals surface area contributed by atoms with Crippen LogP contribution in [-0.2, 0) is 11.2 Å². The van der Waals surface area contributed by atoms with Crippen molar-refractivity contribution in [1.82, 2.24) is 0 Å². The van der Waals surface area contributed by atoms with Gasteiger partial charge in [-0.1, -0.05) is 40.2 Å². The SMILES string of the molecule is BrCCCCOC1CCc2ccccc21. The fourth-order valence-electron chi connectivity index (χ4n) is 2.11. The molecule has 2 rings (SSSR count). The monoisotopic (exact) mass is 268 g/mol. The quantitative estimate of drug-likeness (QED) is 0.582. The van der Waals surface area contributed by atoms with Crippen molar-refractivity contribution in [2.75, 3.05) is 11.9 Å². The molecule has 0 N–H and O–H groups in total. The van der Waals surface area contributed by atoms with Gasteiger partial charge in [-0.15, -0.1) is 0 Å². The fourth-order valence-corrected chi connectivity index (χ4v) is 2.51. The molecule has 0 fully saturated rings. The third kappa shape index (κ3) is 2.82. The van der Waals surface area contributed by atoms with Gasteiger partial charge in [0.2, 0.25) is 0 Å². The van der Waals surface area contributed by atoms with Gasteiger partial charge >= 0.3 is 0 Å². The van der Waals surface area contributed by atoms with E-state index < -0.39 is 0 Å². The maximum atomic E-state index is 5.91. The predicted molar refractivity (Wildman–Crippen MR) is 66.5 cm³/mol. The second kappa shape index (κ2) is 5.66. The number of rotatable bonds is 5. The largest absolute Gasteiger partial charge is 0.374 e. The van der Waals surface area contributed by atoms with E-state index in [1.54, 1.807) is 0 Å². The lowest BCUT2D eigenvalue weighted by atomic mass is 10.1. The highest BCUT2D eigenvalue weighted by molar-refractivity contribution is 9.09. The van der Waals surface area contributed by atoms with E-state index in [1.165, 1.54) is 24.0 Å². The van der Waals surface area contributed by atoms with Crippen molar-refractivity contribution in [3.63, 3.8) is 0 Å². The van der Waals surface area contributed by atoms with Crippen molar-refractivity contribution >= 4 is 15.9 Å². The minimum atomic E-state index is 0.358. The number of aryl methyl sites for hydroxylation is 1. The minimum absolute atomic E-state index is 0.358. The Bertz CT molecular complexity index is 311. The van der Waals surface area contributed by atoms with Crippen LogP contribution in [0.1, 0.15) is 36.5 Å². The zero-order valence-electron chi connectivity index (χ0n) is 8.92. The summed E-state index contributed by atoms with van der Waals surface area (Å²) in [5.41, 5.74) is 2.89. The van der Waals surface area contributed by atoms with Gasteiger partial charge in [-0.2, -0.15) is 0 Å². The van der Waals surface area contributed by atoms with E-state index in [9.17, 15) is 0 Å². The first kappa shape index (κ1) is 11.2. The van der Waals surface area contributed by atoms with Crippen molar-refractivity contribution in [3.8, 4) is 0 Å². The Morgan fingerprint density at radius 2 is 2.13 bits per heavy atom. The Balaban J connectivity index is 1.85. The summed E-state index contributed by atoms with van der Waals surface area (Å²) >= 11 is 3.43. The molecule has 15 heavy (non-hydrogen) atoms. The molecule has 82 valence electrons. The molecular weight excluding hydrogens is 252 g/mol. The zero-order valence-corrected chi connectivity index (χ0v) is 10.5. The molecular formula is C13H17BrO. The molecule has 0 radical (unpaired) electrons. The second-order valence-electron chi connectivity index (χ2n) is 3.99. The van der Waals surface area contributed by atoms with E-state index in [4.69, 9.17) is 4.74 Å². The average Bonchev–Trinajstić information content (AvgIpc) is 2.68. The number of hydrogen-bond donors (Lipinski definition) is 0. The van der Waals surface area contributed by atoms with Gasteiger partial charge < -0.3 is 4.74 Å². The van der Waals surface area contributed by atoms with Crippen molar-refractivity contribution in [1.29, 1.82) is 0 Å². The molecule has 1 atom stereocenters. The van der Waals surface area contributed by atoms with Crippen LogP contribution in [0, 0.1) is 0 Å². The number of benzene rings is 1. The van der Waals surface area contributed by atoms with Crippen molar-refractivity contribution in [2.45, 2.75) is 31.8 Å². The Morgan fingerprint density at radius 3 is 3.00 bits per heavy atom. The number of alkyl halides is 1. The third-order valence-corrected chi connectivity index (χ3v) is 3.49. The van der Waals surface area contributed by atoms with Crippen LogP contribution in [0.3, 0.4) is 0 Å². The summed E-state index contributed by atoms with van der Waals surface area (Å²) in [6, 6.07) is 8.65. The van der Waals surface area contributed by atoms with Gasteiger partial charge in [-0.05, 0) is 36.8 Å². The van der Waals surface area contributed by atoms with Crippen LogP contribution in [0.4, 0.5) is 0 Å². The molecule has 0 bridgehead atoms. The molecule has 0 spiro atoms. The lowest BCUT2D eigenvalue weighted by Crippen LogP contribution is -2.02. The van der Waals surface area contributed by atoms with Crippen LogP contribution in [0.15, 0.2) is 24.3 Å². The summed E-state index contributed by atoms with van der Waals surface area (Å²) in [7, 11) is 0. The van der Waals surface area contributed by atoms with Crippen molar-refractivity contribution in [2.24, 2.45) is 0 Å². The molecule has 1 nitrogen and oxygen atoms in total. The number of unbranched alkanes of at least 4 members (excludes halogenated alkanes) is 1. The Kier molecular flexibility index (Phi) is 4.21. The summed E-state index contributed by atoms with van der Waals surface area (Å²) in [5.74, 6) is 0. The Hall–Kier alpha value is -0.340. The Morgan fingerprint density at radius 1 is 1.27 bits per heavy atom. The van der Waals surface area contributed by atoms with Gasteiger partial charge in [-0.3, -0.25) is 0 Å². The highest BCUT2D eigenvalue weighted by Gasteiger charge is 2.21. The van der Waals surface area contributed by atoms with Crippen LogP contribution in [-0.4, -0.2) is 11.9 Å². The maximum Gasteiger partial charge on any atom is 0.0830 e. The lowest BCUT2D eigenvalue weighted by Gasteiger charge is -2.12. The first-order chi connectivity index (χ1) is 7.42. The van der Waals surface area contributed by atoms with E-state index in [0.29, 0.717) is 6.10 Å². The van der Waals surface area contributed by atoms with E-state index in [0.717, 1.165) is 24.8 Å². The molecule has 1 aliphatic rings. The molecule has 0 aromatic heterocycles. The first-order valence-corrected chi connectivity index (χ1v) is 6.79.